The van der Waals surface area contributed by atoms with Crippen LogP contribution in [0.3, 0.4) is 0 Å². The van der Waals surface area contributed by atoms with Crippen molar-refractivity contribution in [3.05, 3.63) is 12.2 Å². The molecule has 6 heteroatoms. The van der Waals surface area contributed by atoms with Gasteiger partial charge in [-0.15, -0.1) is 5.10 Å². The van der Waals surface area contributed by atoms with Gasteiger partial charge in [-0.3, -0.25) is 0 Å². The van der Waals surface area contributed by atoms with Gasteiger partial charge in [0.15, 0.2) is 0 Å². The molecule has 1 heterocycles. The lowest BCUT2D eigenvalue weighted by atomic mass is 10.1. The van der Waals surface area contributed by atoms with Crippen molar-refractivity contribution >= 4 is 11.8 Å². The molecule has 0 aliphatic heterocycles. The van der Waals surface area contributed by atoms with Crippen LogP contribution < -0.4 is 5.32 Å². The highest BCUT2D eigenvalue weighted by atomic mass is 32.2. The van der Waals surface area contributed by atoms with Gasteiger partial charge in [0, 0.05) is 11.8 Å². The Morgan fingerprint density at radius 3 is 3.22 bits per heavy atom. The summed E-state index contributed by atoms with van der Waals surface area (Å²) in [6, 6.07) is 0. The van der Waals surface area contributed by atoms with Gasteiger partial charge >= 0.3 is 0 Å². The third kappa shape index (κ3) is 4.10. The molecule has 1 atom stereocenters. The van der Waals surface area contributed by atoms with E-state index in [1.54, 1.807) is 11.8 Å². The Kier molecular flexibility index (Phi) is 5.67. The minimum absolute atomic E-state index is 0.534. The van der Waals surface area contributed by atoms with Crippen LogP contribution >= 0.6 is 11.8 Å². The molecule has 2 rings (SSSR count). The molecule has 18 heavy (non-hydrogen) atoms. The van der Waals surface area contributed by atoms with E-state index in [2.05, 4.69) is 39.9 Å². The second kappa shape index (κ2) is 7.53. The number of allylic oxidation sites excluding steroid dienone is 1. The standard InChI is InChI=1S/C12H21N5S/c1-2-8-13-9-10-17-12(14-15-16-17)18-11-6-4-3-5-7-11/h4,6,11,13H,2-3,5,7-10H2,1H3. The summed E-state index contributed by atoms with van der Waals surface area (Å²) in [5.41, 5.74) is 0. The Morgan fingerprint density at radius 2 is 2.44 bits per heavy atom. The van der Waals surface area contributed by atoms with E-state index in [9.17, 15) is 0 Å². The highest BCUT2D eigenvalue weighted by Gasteiger charge is 2.14. The summed E-state index contributed by atoms with van der Waals surface area (Å²) in [4.78, 5) is 0. The van der Waals surface area contributed by atoms with Crippen molar-refractivity contribution in [2.24, 2.45) is 0 Å². The molecule has 1 unspecified atom stereocenters. The van der Waals surface area contributed by atoms with Crippen LogP contribution in [-0.4, -0.2) is 38.5 Å². The monoisotopic (exact) mass is 267 g/mol. The minimum atomic E-state index is 0.534. The first-order valence-corrected chi connectivity index (χ1v) is 7.58. The molecule has 1 aliphatic rings. The van der Waals surface area contributed by atoms with Crippen LogP contribution in [0, 0.1) is 0 Å². The van der Waals surface area contributed by atoms with Crippen molar-refractivity contribution in [2.45, 2.75) is 49.6 Å². The Morgan fingerprint density at radius 1 is 1.50 bits per heavy atom. The summed E-state index contributed by atoms with van der Waals surface area (Å²) in [5.74, 6) is 0. The maximum atomic E-state index is 4.11. The Labute approximate surface area is 112 Å². The molecular formula is C12H21N5S. The molecule has 0 fully saturated rings. The molecular weight excluding hydrogens is 246 g/mol. The van der Waals surface area contributed by atoms with Gasteiger partial charge < -0.3 is 5.32 Å². The molecule has 0 saturated carbocycles. The van der Waals surface area contributed by atoms with Crippen molar-refractivity contribution in [1.82, 2.24) is 25.5 Å². The molecule has 0 bridgehead atoms. The number of tetrazole rings is 1. The molecule has 1 N–H and O–H groups in total. The molecule has 0 radical (unpaired) electrons. The Balaban J connectivity index is 1.82. The predicted octanol–water partition coefficient (Wildman–Crippen LogP) is 1.87. The summed E-state index contributed by atoms with van der Waals surface area (Å²) in [6.07, 6.45) is 9.41. The number of hydrogen-bond donors (Lipinski definition) is 1. The van der Waals surface area contributed by atoms with Crippen molar-refractivity contribution in [3.8, 4) is 0 Å². The second-order valence-electron chi connectivity index (χ2n) is 4.45. The van der Waals surface area contributed by atoms with Crippen molar-refractivity contribution < 1.29 is 0 Å². The van der Waals surface area contributed by atoms with E-state index in [0.29, 0.717) is 5.25 Å². The molecule has 0 aromatic carbocycles. The molecule has 1 aliphatic carbocycles. The highest BCUT2D eigenvalue weighted by molar-refractivity contribution is 7.99. The first-order chi connectivity index (χ1) is 8.90. The third-order valence-electron chi connectivity index (χ3n) is 2.89. The molecule has 0 spiro atoms. The van der Waals surface area contributed by atoms with Gasteiger partial charge in [0.25, 0.3) is 0 Å². The summed E-state index contributed by atoms with van der Waals surface area (Å²) in [6.45, 7) is 4.98. The van der Waals surface area contributed by atoms with Crippen LogP contribution in [0.2, 0.25) is 0 Å². The second-order valence-corrected chi connectivity index (χ2v) is 5.66. The van der Waals surface area contributed by atoms with Crippen LogP contribution in [0.25, 0.3) is 0 Å². The zero-order valence-electron chi connectivity index (χ0n) is 10.9. The van der Waals surface area contributed by atoms with E-state index in [1.165, 1.54) is 19.3 Å². The largest absolute Gasteiger partial charge is 0.315 e. The third-order valence-corrected chi connectivity index (χ3v) is 4.09. The highest BCUT2D eigenvalue weighted by Crippen LogP contribution is 2.28. The van der Waals surface area contributed by atoms with E-state index in [1.807, 2.05) is 4.68 Å². The van der Waals surface area contributed by atoms with E-state index in [4.69, 9.17) is 0 Å². The number of thioether (sulfide) groups is 1. The zero-order chi connectivity index (χ0) is 12.6. The van der Waals surface area contributed by atoms with Gasteiger partial charge in [0.05, 0.1) is 6.54 Å². The van der Waals surface area contributed by atoms with E-state index >= 15 is 0 Å². The lowest BCUT2D eigenvalue weighted by Gasteiger charge is -2.14. The van der Waals surface area contributed by atoms with Crippen molar-refractivity contribution in [3.63, 3.8) is 0 Å². The SMILES string of the molecule is CCCNCCn1nnnc1SC1C=CCCC1. The van der Waals surface area contributed by atoms with E-state index in [-0.39, 0.29) is 0 Å². The maximum Gasteiger partial charge on any atom is 0.209 e. The molecule has 1 aromatic rings. The molecule has 1 aromatic heterocycles. The summed E-state index contributed by atoms with van der Waals surface area (Å²) in [5, 5.41) is 16.8. The summed E-state index contributed by atoms with van der Waals surface area (Å²) in [7, 11) is 0. The first kappa shape index (κ1) is 13.5. The van der Waals surface area contributed by atoms with Crippen LogP contribution in [0.4, 0.5) is 0 Å². The summed E-state index contributed by atoms with van der Waals surface area (Å²) < 4.78 is 1.90. The van der Waals surface area contributed by atoms with Crippen LogP contribution in [0.15, 0.2) is 17.3 Å². The lowest BCUT2D eigenvalue weighted by Crippen LogP contribution is -2.21. The first-order valence-electron chi connectivity index (χ1n) is 6.70. The fourth-order valence-corrected chi connectivity index (χ4v) is 3.00. The van der Waals surface area contributed by atoms with Crippen LogP contribution in [-0.2, 0) is 6.54 Å². The smallest absolute Gasteiger partial charge is 0.209 e. The number of rotatable bonds is 7. The molecule has 5 nitrogen and oxygen atoms in total. The van der Waals surface area contributed by atoms with E-state index in [0.717, 1.165) is 31.2 Å². The average Bonchev–Trinajstić information content (AvgIpc) is 2.83. The lowest BCUT2D eigenvalue weighted by molar-refractivity contribution is 0.510. The quantitative estimate of drug-likeness (QED) is 0.604. The van der Waals surface area contributed by atoms with Crippen molar-refractivity contribution in [2.75, 3.05) is 13.1 Å². The molecule has 0 amide bonds. The van der Waals surface area contributed by atoms with Gasteiger partial charge in [-0.1, -0.05) is 30.8 Å². The minimum Gasteiger partial charge on any atom is -0.315 e. The number of aromatic nitrogens is 4. The zero-order valence-corrected chi connectivity index (χ0v) is 11.7. The van der Waals surface area contributed by atoms with Gasteiger partial charge in [0.2, 0.25) is 5.16 Å². The van der Waals surface area contributed by atoms with Gasteiger partial charge in [-0.05, 0) is 42.7 Å². The van der Waals surface area contributed by atoms with Gasteiger partial charge in [-0.2, -0.15) is 0 Å². The fourth-order valence-electron chi connectivity index (χ4n) is 1.92. The topological polar surface area (TPSA) is 55.6 Å². The van der Waals surface area contributed by atoms with E-state index < -0.39 is 0 Å². The van der Waals surface area contributed by atoms with Crippen molar-refractivity contribution in [1.29, 1.82) is 0 Å². The molecule has 100 valence electrons. The van der Waals surface area contributed by atoms with Gasteiger partial charge in [0.1, 0.15) is 0 Å². The van der Waals surface area contributed by atoms with Crippen LogP contribution in [0.1, 0.15) is 32.6 Å². The summed E-state index contributed by atoms with van der Waals surface area (Å²) >= 11 is 1.77. The maximum absolute atomic E-state index is 4.11. The number of nitrogens with zero attached hydrogens (tertiary/aromatic N) is 4. The Bertz CT molecular complexity index is 376. The Hall–Kier alpha value is -0.880. The average molecular weight is 267 g/mol. The number of nitrogens with one attached hydrogen (secondary N) is 1. The number of hydrogen-bond acceptors (Lipinski definition) is 5. The fraction of sp³-hybridized carbons (Fsp3) is 0.750. The van der Waals surface area contributed by atoms with Crippen LogP contribution in [0.5, 0.6) is 0 Å². The molecule has 0 saturated heterocycles. The normalized spacial score (nSPS) is 19.3. The predicted molar refractivity (Wildman–Crippen MR) is 73.6 cm³/mol. The van der Waals surface area contributed by atoms with Gasteiger partial charge in [-0.25, -0.2) is 4.68 Å².